The molecule has 1 aromatic carbocycles. The number of carboxylic acids is 1. The van der Waals surface area contributed by atoms with Crippen molar-refractivity contribution in [1.82, 2.24) is 0 Å². The molecule has 0 aliphatic heterocycles. The monoisotopic (exact) mass is 320 g/mol. The van der Waals surface area contributed by atoms with Crippen molar-refractivity contribution >= 4 is 28.6 Å². The van der Waals surface area contributed by atoms with E-state index in [-0.39, 0.29) is 0 Å². The Morgan fingerprint density at radius 2 is 2.07 bits per heavy atom. The summed E-state index contributed by atoms with van der Waals surface area (Å²) in [5, 5.41) is 8.89. The average Bonchev–Trinajstić information content (AvgIpc) is 2.20. The average molecular weight is 320 g/mol. The fourth-order valence-electron chi connectivity index (χ4n) is 1.25. The van der Waals surface area contributed by atoms with Crippen molar-refractivity contribution < 1.29 is 14.6 Å². The third-order valence-corrected chi connectivity index (χ3v) is 2.70. The number of benzene rings is 1. The number of carboxylic acid groups (broad SMARTS) is 1. The summed E-state index contributed by atoms with van der Waals surface area (Å²) in [6, 6.07) is 7.77. The van der Waals surface area contributed by atoms with E-state index in [1.54, 1.807) is 6.92 Å². The maximum absolute atomic E-state index is 10.8. The number of rotatable bonds is 5. The fourth-order valence-corrected chi connectivity index (χ4v) is 1.61. The summed E-state index contributed by atoms with van der Waals surface area (Å²) in [7, 11) is 0. The lowest BCUT2D eigenvalue weighted by atomic mass is 10.1. The lowest BCUT2D eigenvalue weighted by Gasteiger charge is -2.12. The van der Waals surface area contributed by atoms with Gasteiger partial charge >= 0.3 is 5.97 Å². The smallest absolute Gasteiger partial charge is 0.333 e. The van der Waals surface area contributed by atoms with Crippen LogP contribution in [0.1, 0.15) is 12.5 Å². The lowest BCUT2D eigenvalue weighted by Crippen LogP contribution is -2.26. The highest BCUT2D eigenvalue weighted by atomic mass is 127. The van der Waals surface area contributed by atoms with Gasteiger partial charge in [-0.15, -0.1) is 0 Å². The maximum atomic E-state index is 10.8. The fraction of sp³-hybridized carbons (Fsp3) is 0.364. The Kier molecular flexibility index (Phi) is 5.04. The molecule has 1 rings (SSSR count). The van der Waals surface area contributed by atoms with Crippen LogP contribution in [0.5, 0.6) is 0 Å². The third kappa shape index (κ3) is 4.17. The first-order chi connectivity index (χ1) is 7.13. The third-order valence-electron chi connectivity index (χ3n) is 1.98. The molecule has 15 heavy (non-hydrogen) atoms. The van der Waals surface area contributed by atoms with Crippen molar-refractivity contribution in [2.45, 2.75) is 19.4 Å². The summed E-state index contributed by atoms with van der Waals surface area (Å²) in [6.07, 6.45) is -0.324. The van der Waals surface area contributed by atoms with E-state index >= 15 is 0 Å². The molecule has 0 heterocycles. The second-order valence-electron chi connectivity index (χ2n) is 3.11. The van der Waals surface area contributed by atoms with Gasteiger partial charge in [-0.2, -0.15) is 0 Å². The van der Waals surface area contributed by atoms with Gasteiger partial charge in [-0.05, 0) is 47.2 Å². The van der Waals surface area contributed by atoms with E-state index < -0.39 is 12.1 Å². The zero-order valence-corrected chi connectivity index (χ0v) is 10.6. The van der Waals surface area contributed by atoms with Crippen LogP contribution in [0.3, 0.4) is 0 Å². The van der Waals surface area contributed by atoms with Gasteiger partial charge in [0.2, 0.25) is 0 Å². The van der Waals surface area contributed by atoms with Crippen molar-refractivity contribution in [1.29, 1.82) is 0 Å². The van der Waals surface area contributed by atoms with Crippen molar-refractivity contribution in [2.75, 3.05) is 6.61 Å². The van der Waals surface area contributed by atoms with Gasteiger partial charge in [-0.3, -0.25) is 0 Å². The molecule has 1 atom stereocenters. The summed E-state index contributed by atoms with van der Waals surface area (Å²) in [4.78, 5) is 10.8. The summed E-state index contributed by atoms with van der Waals surface area (Å²) in [5.41, 5.74) is 0.983. The van der Waals surface area contributed by atoms with E-state index in [0.29, 0.717) is 13.0 Å². The van der Waals surface area contributed by atoms with Gasteiger partial charge in [-0.1, -0.05) is 12.1 Å². The van der Waals surface area contributed by atoms with E-state index in [0.717, 1.165) is 9.13 Å². The Hall–Kier alpha value is -0.620. The van der Waals surface area contributed by atoms with Gasteiger partial charge in [0.1, 0.15) is 0 Å². The number of aliphatic carboxylic acids is 1. The molecule has 0 radical (unpaired) electrons. The van der Waals surface area contributed by atoms with Gasteiger partial charge in [0, 0.05) is 16.6 Å². The molecule has 82 valence electrons. The number of carbonyl (C=O) groups is 1. The molecule has 0 fully saturated rings. The Labute approximate surface area is 103 Å². The molecular weight excluding hydrogens is 307 g/mol. The molecule has 4 heteroatoms. The van der Waals surface area contributed by atoms with Crippen molar-refractivity contribution in [3.8, 4) is 0 Å². The van der Waals surface area contributed by atoms with Gasteiger partial charge < -0.3 is 9.84 Å². The van der Waals surface area contributed by atoms with Crippen LogP contribution in [0.25, 0.3) is 0 Å². The van der Waals surface area contributed by atoms with Gasteiger partial charge in [0.05, 0.1) is 0 Å². The molecule has 1 aromatic rings. The molecule has 0 unspecified atom stereocenters. The van der Waals surface area contributed by atoms with Crippen LogP contribution in [0, 0.1) is 3.57 Å². The molecule has 0 aliphatic carbocycles. The standard InChI is InChI=1S/C11H13IO3/c1-2-15-10(11(13)14)7-8-3-5-9(12)6-4-8/h3-6,10H,2,7H2,1H3,(H,13,14)/t10-/m0/s1. The van der Waals surface area contributed by atoms with E-state index in [1.165, 1.54) is 0 Å². The van der Waals surface area contributed by atoms with Crippen molar-refractivity contribution in [3.63, 3.8) is 0 Å². The quantitative estimate of drug-likeness (QED) is 0.847. The first-order valence-electron chi connectivity index (χ1n) is 4.72. The predicted molar refractivity (Wildman–Crippen MR) is 65.9 cm³/mol. The molecule has 0 saturated heterocycles. The topological polar surface area (TPSA) is 46.5 Å². The Bertz CT molecular complexity index is 321. The van der Waals surface area contributed by atoms with Crippen LogP contribution >= 0.6 is 22.6 Å². The van der Waals surface area contributed by atoms with Crippen LogP contribution in [-0.2, 0) is 16.0 Å². The first-order valence-corrected chi connectivity index (χ1v) is 5.80. The highest BCUT2D eigenvalue weighted by Gasteiger charge is 2.17. The number of hydrogen-bond acceptors (Lipinski definition) is 2. The summed E-state index contributed by atoms with van der Waals surface area (Å²) in [5.74, 6) is -0.907. The summed E-state index contributed by atoms with van der Waals surface area (Å²) < 4.78 is 6.27. The van der Waals surface area contributed by atoms with Gasteiger partial charge in [0.15, 0.2) is 6.10 Å². The van der Waals surface area contributed by atoms with E-state index in [2.05, 4.69) is 22.6 Å². The molecule has 0 aliphatic rings. The van der Waals surface area contributed by atoms with Crippen LogP contribution in [0.2, 0.25) is 0 Å². The molecule has 0 amide bonds. The minimum Gasteiger partial charge on any atom is -0.479 e. The first kappa shape index (κ1) is 12.4. The SMILES string of the molecule is CCO[C@@H](Cc1ccc(I)cc1)C(=O)O. The molecule has 0 saturated carbocycles. The normalized spacial score (nSPS) is 12.4. The lowest BCUT2D eigenvalue weighted by molar-refractivity contribution is -0.149. The Balaban J connectivity index is 2.65. The Morgan fingerprint density at radius 1 is 1.47 bits per heavy atom. The van der Waals surface area contributed by atoms with Crippen LogP contribution in [-0.4, -0.2) is 23.8 Å². The molecule has 3 nitrogen and oxygen atoms in total. The maximum Gasteiger partial charge on any atom is 0.333 e. The van der Waals surface area contributed by atoms with Gasteiger partial charge in [0.25, 0.3) is 0 Å². The molecular formula is C11H13IO3. The largest absolute Gasteiger partial charge is 0.479 e. The number of halogens is 1. The number of ether oxygens (including phenoxy) is 1. The van der Waals surface area contributed by atoms with Crippen LogP contribution in [0.4, 0.5) is 0 Å². The van der Waals surface area contributed by atoms with E-state index in [4.69, 9.17) is 9.84 Å². The van der Waals surface area contributed by atoms with Crippen LogP contribution in [0.15, 0.2) is 24.3 Å². The summed E-state index contributed by atoms with van der Waals surface area (Å²) >= 11 is 2.21. The van der Waals surface area contributed by atoms with E-state index in [9.17, 15) is 4.79 Å². The minimum atomic E-state index is -0.907. The van der Waals surface area contributed by atoms with Gasteiger partial charge in [-0.25, -0.2) is 4.79 Å². The Morgan fingerprint density at radius 3 is 2.53 bits per heavy atom. The zero-order valence-electron chi connectivity index (χ0n) is 8.44. The second-order valence-corrected chi connectivity index (χ2v) is 4.36. The van der Waals surface area contributed by atoms with Crippen molar-refractivity contribution in [3.05, 3.63) is 33.4 Å². The highest BCUT2D eigenvalue weighted by Crippen LogP contribution is 2.10. The zero-order chi connectivity index (χ0) is 11.3. The number of hydrogen-bond donors (Lipinski definition) is 1. The molecule has 0 spiro atoms. The minimum absolute atomic E-state index is 0.417. The highest BCUT2D eigenvalue weighted by molar-refractivity contribution is 14.1. The molecule has 0 aromatic heterocycles. The molecule has 0 bridgehead atoms. The van der Waals surface area contributed by atoms with Crippen molar-refractivity contribution in [2.24, 2.45) is 0 Å². The molecule has 1 N–H and O–H groups in total. The van der Waals surface area contributed by atoms with Crippen LogP contribution < -0.4 is 0 Å². The summed E-state index contributed by atoms with van der Waals surface area (Å²) in [6.45, 7) is 2.21. The van der Waals surface area contributed by atoms with E-state index in [1.807, 2.05) is 24.3 Å². The predicted octanol–water partition coefficient (Wildman–Crippen LogP) is 2.32. The second kappa shape index (κ2) is 6.07.